The van der Waals surface area contributed by atoms with Gasteiger partial charge in [-0.25, -0.2) is 0 Å². The van der Waals surface area contributed by atoms with Gasteiger partial charge in [-0.3, -0.25) is 0 Å². The molecule has 140 valence electrons. The van der Waals surface area contributed by atoms with Gasteiger partial charge in [-0.1, -0.05) is 37.6 Å². The Morgan fingerprint density at radius 2 is 1.58 bits per heavy atom. The van der Waals surface area contributed by atoms with E-state index >= 15 is 0 Å². The summed E-state index contributed by atoms with van der Waals surface area (Å²) in [6.07, 6.45) is 13.8. The highest BCUT2D eigenvalue weighted by atomic mass is 19.1. The molecule has 0 unspecified atom stereocenters. The third kappa shape index (κ3) is 4.97. The van der Waals surface area contributed by atoms with Gasteiger partial charge in [0.1, 0.15) is 6.07 Å². The molecule has 2 heteroatoms. The average Bonchev–Trinajstić information content (AvgIpc) is 2.69. The molecule has 0 N–H and O–H groups in total. The summed E-state index contributed by atoms with van der Waals surface area (Å²) < 4.78 is 13.1. The highest BCUT2D eigenvalue weighted by Gasteiger charge is 2.31. The molecule has 0 spiro atoms. The summed E-state index contributed by atoms with van der Waals surface area (Å²) in [6, 6.07) is 11.0. The maximum Gasteiger partial charge on any atom is 0.196 e. The minimum atomic E-state index is -0.598. The van der Waals surface area contributed by atoms with Gasteiger partial charge in [0.15, 0.2) is 5.83 Å². The fourth-order valence-electron chi connectivity index (χ4n) is 5.20. The molecule has 1 aromatic carbocycles. The van der Waals surface area contributed by atoms with E-state index in [1.54, 1.807) is 12.1 Å². The fourth-order valence-corrected chi connectivity index (χ4v) is 5.20. The minimum absolute atomic E-state index is 0.281. The Bertz CT molecular complexity index is 623. The molecule has 0 saturated heterocycles. The van der Waals surface area contributed by atoms with E-state index in [0.29, 0.717) is 0 Å². The average molecular weight is 354 g/mol. The number of rotatable bonds is 5. The summed E-state index contributed by atoms with van der Waals surface area (Å²) in [6.45, 7) is 2.24. The van der Waals surface area contributed by atoms with E-state index in [1.165, 1.54) is 62.5 Å². The van der Waals surface area contributed by atoms with Crippen molar-refractivity contribution in [1.82, 2.24) is 0 Å². The van der Waals surface area contributed by atoms with Crippen LogP contribution in [0.15, 0.2) is 36.2 Å². The van der Waals surface area contributed by atoms with Crippen molar-refractivity contribution in [2.75, 3.05) is 0 Å². The Morgan fingerprint density at radius 1 is 1.00 bits per heavy atom. The monoisotopic (exact) mass is 353 g/mol. The summed E-state index contributed by atoms with van der Waals surface area (Å²) in [4.78, 5) is 0. The zero-order valence-corrected chi connectivity index (χ0v) is 16.1. The lowest BCUT2D eigenvalue weighted by Gasteiger charge is -2.37. The van der Waals surface area contributed by atoms with E-state index in [4.69, 9.17) is 5.26 Å². The molecular formula is C24H32FN. The van der Waals surface area contributed by atoms with E-state index in [0.717, 1.165) is 30.6 Å². The Labute approximate surface area is 158 Å². The van der Waals surface area contributed by atoms with Crippen molar-refractivity contribution in [1.29, 1.82) is 5.26 Å². The van der Waals surface area contributed by atoms with E-state index < -0.39 is 5.83 Å². The Balaban J connectivity index is 1.46. The van der Waals surface area contributed by atoms with E-state index in [-0.39, 0.29) is 5.92 Å². The molecule has 0 bridgehead atoms. The van der Waals surface area contributed by atoms with Gasteiger partial charge in [-0.15, -0.1) is 0 Å². The molecule has 1 aromatic rings. The van der Waals surface area contributed by atoms with Crippen molar-refractivity contribution in [3.8, 4) is 6.07 Å². The van der Waals surface area contributed by atoms with Gasteiger partial charge in [0.05, 0.1) is 0 Å². The van der Waals surface area contributed by atoms with Gasteiger partial charge < -0.3 is 0 Å². The number of hydrogen-bond donors (Lipinski definition) is 0. The van der Waals surface area contributed by atoms with Crippen LogP contribution >= 0.6 is 0 Å². The number of benzene rings is 1. The van der Waals surface area contributed by atoms with Crippen LogP contribution in [0.2, 0.25) is 0 Å². The van der Waals surface area contributed by atoms with Gasteiger partial charge in [0, 0.05) is 0 Å². The molecule has 0 aromatic heterocycles. The first-order chi connectivity index (χ1) is 12.7. The van der Waals surface area contributed by atoms with Crippen LogP contribution in [0.1, 0.15) is 81.8 Å². The predicted molar refractivity (Wildman–Crippen MR) is 105 cm³/mol. The first-order valence-corrected chi connectivity index (χ1v) is 10.6. The molecular weight excluding hydrogens is 321 g/mol. The van der Waals surface area contributed by atoms with Gasteiger partial charge in [0.25, 0.3) is 0 Å². The van der Waals surface area contributed by atoms with Crippen LogP contribution in [0, 0.1) is 29.1 Å². The second-order valence-corrected chi connectivity index (χ2v) is 8.40. The summed E-state index contributed by atoms with van der Waals surface area (Å²) in [7, 11) is 0. The minimum Gasteiger partial charge on any atom is -0.195 e. The molecule has 0 heterocycles. The number of aryl methyl sites for hydroxylation is 1. The largest absolute Gasteiger partial charge is 0.196 e. The number of allylic oxidation sites excluding steroid dienone is 2. The van der Waals surface area contributed by atoms with Crippen molar-refractivity contribution in [3.63, 3.8) is 0 Å². The third-order valence-electron chi connectivity index (χ3n) is 6.73. The van der Waals surface area contributed by atoms with Gasteiger partial charge >= 0.3 is 0 Å². The standard InChI is InChI=1S/C24H32FN/c1-2-3-18-4-8-20(9-5-18)22-12-14-23(15-13-22)21-10-6-19(7-11-21)16-24(25)17-26/h4-5,8-9,16,19,21-23H,2-3,6-7,10-15H2,1H3/b24-16+/t19?,21?,22-,23-. The van der Waals surface area contributed by atoms with E-state index in [1.807, 2.05) is 0 Å². The lowest BCUT2D eigenvalue weighted by molar-refractivity contribution is 0.171. The van der Waals surface area contributed by atoms with E-state index in [9.17, 15) is 4.39 Å². The van der Waals surface area contributed by atoms with Crippen molar-refractivity contribution in [2.45, 2.75) is 77.0 Å². The molecule has 26 heavy (non-hydrogen) atoms. The molecule has 2 saturated carbocycles. The van der Waals surface area contributed by atoms with Gasteiger partial charge in [0.2, 0.25) is 0 Å². The second-order valence-electron chi connectivity index (χ2n) is 8.40. The van der Waals surface area contributed by atoms with Crippen molar-refractivity contribution in [3.05, 3.63) is 47.3 Å². The molecule has 0 radical (unpaired) electrons. The van der Waals surface area contributed by atoms with Crippen molar-refractivity contribution >= 4 is 0 Å². The Hall–Kier alpha value is -1.62. The molecule has 0 amide bonds. The molecule has 1 nitrogen and oxygen atoms in total. The first-order valence-electron chi connectivity index (χ1n) is 10.6. The van der Waals surface area contributed by atoms with Crippen LogP contribution in [-0.2, 0) is 6.42 Å². The second kappa shape index (κ2) is 9.36. The SMILES string of the molecule is CCCc1ccc([C@H]2CC[C@H](C3CCC(/C=C(/F)C#N)CC3)CC2)cc1. The predicted octanol–water partition coefficient (Wildman–Crippen LogP) is 7.10. The highest BCUT2D eigenvalue weighted by molar-refractivity contribution is 5.26. The van der Waals surface area contributed by atoms with Crippen LogP contribution in [0.5, 0.6) is 0 Å². The fraction of sp³-hybridized carbons (Fsp3) is 0.625. The maximum atomic E-state index is 13.1. The van der Waals surface area contributed by atoms with Crippen LogP contribution in [0.4, 0.5) is 4.39 Å². The first kappa shape index (κ1) is 19.2. The Morgan fingerprint density at radius 3 is 2.12 bits per heavy atom. The van der Waals surface area contributed by atoms with Crippen LogP contribution in [-0.4, -0.2) is 0 Å². The maximum absolute atomic E-state index is 13.1. The lowest BCUT2D eigenvalue weighted by Crippen LogP contribution is -2.25. The number of halogens is 1. The lowest BCUT2D eigenvalue weighted by atomic mass is 9.68. The molecule has 3 rings (SSSR count). The molecule has 0 aliphatic heterocycles. The zero-order valence-electron chi connectivity index (χ0n) is 16.1. The normalized spacial score (nSPS) is 30.0. The van der Waals surface area contributed by atoms with Crippen molar-refractivity contribution in [2.24, 2.45) is 17.8 Å². The summed E-state index contributed by atoms with van der Waals surface area (Å²) in [5, 5.41) is 8.59. The van der Waals surface area contributed by atoms with Crippen LogP contribution in [0.3, 0.4) is 0 Å². The highest BCUT2D eigenvalue weighted by Crippen LogP contribution is 2.44. The topological polar surface area (TPSA) is 23.8 Å². The number of hydrogen-bond acceptors (Lipinski definition) is 1. The third-order valence-corrected chi connectivity index (χ3v) is 6.73. The van der Waals surface area contributed by atoms with E-state index in [2.05, 4.69) is 31.2 Å². The number of nitrogens with zero attached hydrogens (tertiary/aromatic N) is 1. The number of nitriles is 1. The molecule has 2 fully saturated rings. The van der Waals surface area contributed by atoms with Crippen molar-refractivity contribution < 1.29 is 4.39 Å². The van der Waals surface area contributed by atoms with Crippen LogP contribution < -0.4 is 0 Å². The van der Waals surface area contributed by atoms with Gasteiger partial charge in [-0.2, -0.15) is 9.65 Å². The van der Waals surface area contributed by atoms with Crippen LogP contribution in [0.25, 0.3) is 0 Å². The summed E-state index contributed by atoms with van der Waals surface area (Å²) >= 11 is 0. The molecule has 0 atom stereocenters. The zero-order chi connectivity index (χ0) is 18.4. The Kier molecular flexibility index (Phi) is 6.89. The molecule has 2 aliphatic rings. The summed E-state index contributed by atoms with van der Waals surface area (Å²) in [5.41, 5.74) is 2.99. The smallest absolute Gasteiger partial charge is 0.195 e. The molecule has 2 aliphatic carbocycles. The summed E-state index contributed by atoms with van der Waals surface area (Å²) in [5.74, 6) is 2.10. The van der Waals surface area contributed by atoms with Gasteiger partial charge in [-0.05, 0) is 98.7 Å². The quantitative estimate of drug-likeness (QED) is 0.518.